The summed E-state index contributed by atoms with van der Waals surface area (Å²) in [7, 11) is 0. The smallest absolute Gasteiger partial charge is 0.311 e. The number of unbranched alkanes of at least 4 members (excludes halogenated alkanes) is 5. The highest BCUT2D eigenvalue weighted by molar-refractivity contribution is 5.85. The lowest BCUT2D eigenvalue weighted by atomic mass is 9.99. The Morgan fingerprint density at radius 3 is 2.66 bits per heavy atom. The monoisotopic (exact) mass is 472 g/mol. The molecule has 0 aliphatic carbocycles. The van der Waals surface area contributed by atoms with Crippen LogP contribution >= 0.6 is 0 Å². The van der Waals surface area contributed by atoms with E-state index in [9.17, 15) is 4.79 Å². The van der Waals surface area contributed by atoms with Crippen LogP contribution in [0.15, 0.2) is 60.8 Å². The summed E-state index contributed by atoms with van der Waals surface area (Å²) in [5, 5.41) is 1.17. The van der Waals surface area contributed by atoms with Gasteiger partial charge >= 0.3 is 5.97 Å². The lowest BCUT2D eigenvalue weighted by Gasteiger charge is -2.26. The first-order chi connectivity index (χ1) is 17.2. The molecular weight excluding hydrogens is 432 g/mol. The molecule has 0 amide bonds. The van der Waals surface area contributed by atoms with E-state index in [0.29, 0.717) is 12.2 Å². The second-order valence-electron chi connectivity index (χ2n) is 9.76. The topological polar surface area (TPSA) is 45.3 Å². The Bertz CT molecular complexity index is 1100. The molecule has 35 heavy (non-hydrogen) atoms. The zero-order valence-electron chi connectivity index (χ0n) is 21.2. The fourth-order valence-corrected chi connectivity index (χ4v) is 4.96. The molecule has 2 aromatic carbocycles. The van der Waals surface area contributed by atoms with Gasteiger partial charge in [0.2, 0.25) is 0 Å². The van der Waals surface area contributed by atoms with Crippen molar-refractivity contribution >= 4 is 22.4 Å². The first-order valence-electron chi connectivity index (χ1n) is 13.5. The lowest BCUT2D eigenvalue weighted by molar-refractivity contribution is -0.134. The van der Waals surface area contributed by atoms with E-state index >= 15 is 0 Å². The zero-order valence-corrected chi connectivity index (χ0v) is 21.2. The van der Waals surface area contributed by atoms with Crippen molar-refractivity contribution in [3.05, 3.63) is 71.9 Å². The van der Waals surface area contributed by atoms with Crippen molar-refractivity contribution in [2.24, 2.45) is 0 Å². The van der Waals surface area contributed by atoms with Crippen molar-refractivity contribution < 1.29 is 9.53 Å². The van der Waals surface area contributed by atoms with Gasteiger partial charge in [-0.2, -0.15) is 0 Å². The number of aromatic amines is 1. The summed E-state index contributed by atoms with van der Waals surface area (Å²) in [4.78, 5) is 18.2. The van der Waals surface area contributed by atoms with Crippen molar-refractivity contribution in [3.8, 4) is 5.75 Å². The number of nitrogens with one attached hydrogen (secondary N) is 1. The average Bonchev–Trinajstić information content (AvgIpc) is 3.29. The van der Waals surface area contributed by atoms with Gasteiger partial charge in [0.1, 0.15) is 5.75 Å². The summed E-state index contributed by atoms with van der Waals surface area (Å²) >= 11 is 0. The van der Waals surface area contributed by atoms with Gasteiger partial charge in [0, 0.05) is 36.6 Å². The summed E-state index contributed by atoms with van der Waals surface area (Å²) in [5.74, 6) is 0.537. The highest BCUT2D eigenvalue weighted by Gasteiger charge is 2.13. The van der Waals surface area contributed by atoms with Crippen molar-refractivity contribution in [1.82, 2.24) is 9.88 Å². The van der Waals surface area contributed by atoms with Crippen LogP contribution in [-0.4, -0.2) is 35.5 Å². The van der Waals surface area contributed by atoms with Gasteiger partial charge in [0.25, 0.3) is 0 Å². The number of fused-ring (bicyclic) bond motifs is 1. The molecule has 0 bridgehead atoms. The molecule has 0 saturated carbocycles. The second-order valence-corrected chi connectivity index (χ2v) is 9.76. The molecule has 0 unspecified atom stereocenters. The molecule has 1 aromatic heterocycles. The van der Waals surface area contributed by atoms with Crippen LogP contribution in [0.1, 0.15) is 75.8 Å². The van der Waals surface area contributed by atoms with Crippen LogP contribution in [0, 0.1) is 0 Å². The van der Waals surface area contributed by atoms with Crippen LogP contribution in [0.5, 0.6) is 5.75 Å². The summed E-state index contributed by atoms with van der Waals surface area (Å²) < 4.78 is 5.63. The molecule has 0 spiro atoms. The first kappa shape index (κ1) is 25.2. The second kappa shape index (κ2) is 13.3. The van der Waals surface area contributed by atoms with Crippen molar-refractivity contribution in [3.63, 3.8) is 0 Å². The van der Waals surface area contributed by atoms with Crippen LogP contribution in [0.2, 0.25) is 0 Å². The van der Waals surface area contributed by atoms with Crippen molar-refractivity contribution in [1.29, 1.82) is 0 Å². The number of carbonyl (C=O) groups excluding carboxylic acids is 1. The van der Waals surface area contributed by atoms with Crippen LogP contribution < -0.4 is 4.74 Å². The van der Waals surface area contributed by atoms with Gasteiger partial charge < -0.3 is 9.72 Å². The van der Waals surface area contributed by atoms with Gasteiger partial charge in [-0.25, -0.2) is 0 Å². The van der Waals surface area contributed by atoms with Crippen LogP contribution in [-0.2, 0) is 11.2 Å². The van der Waals surface area contributed by atoms with E-state index in [-0.39, 0.29) is 5.97 Å². The maximum Gasteiger partial charge on any atom is 0.311 e. The summed E-state index contributed by atoms with van der Waals surface area (Å²) in [6.45, 7) is 5.53. The molecule has 2 heterocycles. The molecule has 0 fully saturated rings. The van der Waals surface area contributed by atoms with Crippen LogP contribution in [0.3, 0.4) is 0 Å². The van der Waals surface area contributed by atoms with E-state index in [1.165, 1.54) is 47.8 Å². The van der Waals surface area contributed by atoms with E-state index in [0.717, 1.165) is 57.3 Å². The minimum Gasteiger partial charge on any atom is -0.427 e. The van der Waals surface area contributed by atoms with Gasteiger partial charge in [-0.1, -0.05) is 69.0 Å². The Hall–Kier alpha value is -2.85. The summed E-state index contributed by atoms with van der Waals surface area (Å²) in [5.41, 5.74) is 5.26. The number of rotatable bonds is 13. The normalized spacial score (nSPS) is 14.3. The Balaban J connectivity index is 1.21. The highest BCUT2D eigenvalue weighted by Crippen LogP contribution is 2.26. The fourth-order valence-electron chi connectivity index (χ4n) is 4.96. The number of hydrogen-bond acceptors (Lipinski definition) is 3. The average molecular weight is 473 g/mol. The Kier molecular flexibility index (Phi) is 9.59. The molecule has 1 aliphatic heterocycles. The molecule has 186 valence electrons. The molecule has 1 aliphatic rings. The predicted molar refractivity (Wildman–Crippen MR) is 146 cm³/mol. The number of benzene rings is 2. The van der Waals surface area contributed by atoms with Crippen molar-refractivity contribution in [2.75, 3.05) is 19.6 Å². The highest BCUT2D eigenvalue weighted by atomic mass is 16.5. The minimum absolute atomic E-state index is 0.121. The van der Waals surface area contributed by atoms with Crippen molar-refractivity contribution in [2.45, 2.75) is 71.1 Å². The number of carbonyl (C=O) groups is 1. The minimum atomic E-state index is -0.121. The number of ether oxygens (including phenoxy) is 1. The van der Waals surface area contributed by atoms with Gasteiger partial charge in [-0.15, -0.1) is 0 Å². The number of nitrogens with zero attached hydrogens (tertiary/aromatic N) is 1. The maximum atomic E-state index is 12.2. The molecule has 4 nitrogen and oxygen atoms in total. The van der Waals surface area contributed by atoms with E-state index in [1.54, 1.807) is 0 Å². The standard InChI is InChI=1S/C31H40N2O2/c1-2-3-4-5-9-15-31(34)35-28-16-17-30-29(23-28)27(24-32-30)14-10-11-20-33-21-18-26(19-22-33)25-12-7-6-8-13-25/h6-8,12-13,16-18,23-24,32H,2-5,9-11,14-15,19-22H2,1H3. The molecular formula is C31H40N2O2. The fraction of sp³-hybridized carbons (Fsp3) is 0.452. The largest absolute Gasteiger partial charge is 0.427 e. The summed E-state index contributed by atoms with van der Waals surface area (Å²) in [6, 6.07) is 16.7. The van der Waals surface area contributed by atoms with Gasteiger partial charge in [-0.05, 0) is 73.5 Å². The first-order valence-corrected chi connectivity index (χ1v) is 13.5. The molecule has 0 saturated heterocycles. The van der Waals surface area contributed by atoms with Gasteiger partial charge in [-0.3, -0.25) is 9.69 Å². The van der Waals surface area contributed by atoms with Gasteiger partial charge in [0.05, 0.1) is 0 Å². The third-order valence-corrected chi connectivity index (χ3v) is 7.06. The predicted octanol–water partition coefficient (Wildman–Crippen LogP) is 7.55. The Morgan fingerprint density at radius 1 is 1.00 bits per heavy atom. The number of aromatic nitrogens is 1. The van der Waals surface area contributed by atoms with Gasteiger partial charge in [0.15, 0.2) is 0 Å². The lowest BCUT2D eigenvalue weighted by Crippen LogP contribution is -2.29. The zero-order chi connectivity index (χ0) is 24.3. The molecule has 3 aromatic rings. The summed E-state index contributed by atoms with van der Waals surface area (Å²) in [6.07, 6.45) is 15.2. The number of hydrogen-bond donors (Lipinski definition) is 1. The number of aryl methyl sites for hydroxylation is 1. The molecule has 4 heteroatoms. The van der Waals surface area contributed by atoms with Crippen LogP contribution in [0.25, 0.3) is 16.5 Å². The molecule has 4 rings (SSSR count). The van der Waals surface area contributed by atoms with E-state index in [1.807, 2.05) is 18.2 Å². The number of H-pyrrole nitrogens is 1. The maximum absolute atomic E-state index is 12.2. The Morgan fingerprint density at radius 2 is 1.86 bits per heavy atom. The van der Waals surface area contributed by atoms with E-state index in [4.69, 9.17) is 4.74 Å². The SMILES string of the molecule is CCCCCCCC(=O)Oc1ccc2[nH]cc(CCCCN3CC=C(c4ccccc4)CC3)c2c1. The molecule has 0 radical (unpaired) electrons. The van der Waals surface area contributed by atoms with Crippen LogP contribution in [0.4, 0.5) is 0 Å². The third-order valence-electron chi connectivity index (χ3n) is 7.06. The Labute approximate surface area is 210 Å². The third kappa shape index (κ3) is 7.57. The molecule has 0 atom stereocenters. The molecule has 1 N–H and O–H groups in total. The quantitative estimate of drug-likeness (QED) is 0.159. The van der Waals surface area contributed by atoms with E-state index < -0.39 is 0 Å². The van der Waals surface area contributed by atoms with E-state index in [2.05, 4.69) is 59.4 Å². The number of esters is 1.